The third-order valence-corrected chi connectivity index (χ3v) is 5.71. The van der Waals surface area contributed by atoms with E-state index in [2.05, 4.69) is 31.2 Å². The van der Waals surface area contributed by atoms with Crippen LogP contribution in [0.2, 0.25) is 0 Å². The van der Waals surface area contributed by atoms with Gasteiger partial charge in [0.1, 0.15) is 11.6 Å². The van der Waals surface area contributed by atoms with Crippen LogP contribution < -0.4 is 4.74 Å². The minimum atomic E-state index is -0.414. The van der Waals surface area contributed by atoms with Crippen molar-refractivity contribution >= 4 is 5.97 Å². The summed E-state index contributed by atoms with van der Waals surface area (Å²) in [7, 11) is 0. The van der Waals surface area contributed by atoms with Gasteiger partial charge in [0, 0.05) is 0 Å². The lowest BCUT2D eigenvalue weighted by atomic mass is 9.77. The molecule has 2 aromatic rings. The van der Waals surface area contributed by atoms with E-state index >= 15 is 0 Å². The third kappa shape index (κ3) is 5.79. The second-order valence-corrected chi connectivity index (χ2v) is 7.68. The number of ether oxygens (including phenoxy) is 1. The van der Waals surface area contributed by atoms with E-state index < -0.39 is 5.97 Å². The van der Waals surface area contributed by atoms with E-state index in [0.29, 0.717) is 17.2 Å². The summed E-state index contributed by atoms with van der Waals surface area (Å²) < 4.78 is 18.2. The fourth-order valence-electron chi connectivity index (χ4n) is 4.04. The Morgan fingerprint density at radius 2 is 1.71 bits per heavy atom. The molecule has 0 unspecified atom stereocenters. The van der Waals surface area contributed by atoms with Gasteiger partial charge >= 0.3 is 5.97 Å². The molecule has 0 heterocycles. The number of hydrogen-bond donors (Lipinski definition) is 0. The summed E-state index contributed by atoms with van der Waals surface area (Å²) in [5.41, 5.74) is 1.83. The number of hydrogen-bond acceptors (Lipinski definition) is 2. The Labute approximate surface area is 167 Å². The van der Waals surface area contributed by atoms with E-state index in [1.165, 1.54) is 74.8 Å². The minimum Gasteiger partial charge on any atom is -0.423 e. The highest BCUT2D eigenvalue weighted by atomic mass is 19.1. The van der Waals surface area contributed by atoms with Gasteiger partial charge in [0.25, 0.3) is 0 Å². The van der Waals surface area contributed by atoms with Gasteiger partial charge in [-0.2, -0.15) is 0 Å². The van der Waals surface area contributed by atoms with Crippen molar-refractivity contribution in [1.29, 1.82) is 0 Å². The molecular formula is C25H29FO2. The highest BCUT2D eigenvalue weighted by Crippen LogP contribution is 2.37. The molecule has 0 radical (unpaired) electrons. The van der Waals surface area contributed by atoms with Crippen LogP contribution >= 0.6 is 0 Å². The van der Waals surface area contributed by atoms with Crippen LogP contribution in [0.1, 0.15) is 73.7 Å². The van der Waals surface area contributed by atoms with Gasteiger partial charge in [-0.25, -0.2) is 9.18 Å². The zero-order valence-electron chi connectivity index (χ0n) is 16.6. The molecule has 2 aromatic carbocycles. The maximum atomic E-state index is 12.9. The Balaban J connectivity index is 1.49. The Hall–Kier alpha value is -2.42. The van der Waals surface area contributed by atoms with Gasteiger partial charge in [-0.3, -0.25) is 0 Å². The summed E-state index contributed by atoms with van der Waals surface area (Å²) in [6, 6.07) is 13.3. The first-order valence-corrected chi connectivity index (χ1v) is 10.3. The molecule has 1 aliphatic carbocycles. The minimum absolute atomic E-state index is 0.350. The quantitative estimate of drug-likeness (QED) is 0.222. The second-order valence-electron chi connectivity index (χ2n) is 7.68. The summed E-state index contributed by atoms with van der Waals surface area (Å²) in [6.07, 6.45) is 13.3. The van der Waals surface area contributed by atoms with Crippen LogP contribution in [0.4, 0.5) is 4.39 Å². The van der Waals surface area contributed by atoms with E-state index in [4.69, 9.17) is 4.74 Å². The van der Waals surface area contributed by atoms with Gasteiger partial charge in [0.2, 0.25) is 0 Å². The Kier molecular flexibility index (Phi) is 7.41. The number of unbranched alkanes of at least 4 members (excludes halogenated alkanes) is 1. The molecule has 0 aromatic heterocycles. The zero-order chi connectivity index (χ0) is 19.8. The second kappa shape index (κ2) is 10.2. The number of esters is 1. The van der Waals surface area contributed by atoms with Gasteiger partial charge in [-0.15, -0.1) is 0 Å². The van der Waals surface area contributed by atoms with Gasteiger partial charge in [-0.05, 0) is 99.2 Å². The lowest BCUT2D eigenvalue weighted by Gasteiger charge is -2.28. The third-order valence-electron chi connectivity index (χ3n) is 5.71. The highest BCUT2D eigenvalue weighted by Gasteiger charge is 2.22. The van der Waals surface area contributed by atoms with Gasteiger partial charge in [0.05, 0.1) is 5.56 Å². The predicted molar refractivity (Wildman–Crippen MR) is 111 cm³/mol. The highest BCUT2D eigenvalue weighted by molar-refractivity contribution is 5.91. The molecule has 0 bridgehead atoms. The maximum Gasteiger partial charge on any atom is 0.343 e. The lowest BCUT2D eigenvalue weighted by Crippen LogP contribution is -2.14. The number of rotatable bonds is 7. The Morgan fingerprint density at radius 1 is 1.04 bits per heavy atom. The van der Waals surface area contributed by atoms with E-state index in [-0.39, 0.29) is 5.82 Å². The van der Waals surface area contributed by atoms with Crippen LogP contribution in [0.5, 0.6) is 5.75 Å². The molecule has 148 valence electrons. The molecule has 0 atom stereocenters. The first kappa shape index (κ1) is 20.3. The molecule has 3 rings (SSSR count). The van der Waals surface area contributed by atoms with Crippen LogP contribution in [0.25, 0.3) is 0 Å². The molecule has 3 heteroatoms. The number of allylic oxidation sites excluding steroid dienone is 2. The number of carbonyl (C=O) groups is 1. The van der Waals surface area contributed by atoms with Crippen LogP contribution in [0, 0.1) is 11.7 Å². The van der Waals surface area contributed by atoms with E-state index in [0.717, 1.165) is 5.92 Å². The normalized spacial score (nSPS) is 19.6. The van der Waals surface area contributed by atoms with Crippen LogP contribution in [0.3, 0.4) is 0 Å². The molecule has 1 fully saturated rings. The van der Waals surface area contributed by atoms with E-state index in [9.17, 15) is 9.18 Å². The molecule has 0 saturated heterocycles. The summed E-state index contributed by atoms with van der Waals surface area (Å²) >= 11 is 0. The molecular weight excluding hydrogens is 351 g/mol. The van der Waals surface area contributed by atoms with Gasteiger partial charge in [0.15, 0.2) is 0 Å². The number of carbonyl (C=O) groups excluding carboxylic acids is 1. The molecule has 2 nitrogen and oxygen atoms in total. The molecule has 1 saturated carbocycles. The predicted octanol–water partition coefficient (Wildman–Crippen LogP) is 7.07. The molecule has 0 N–H and O–H groups in total. The fraction of sp³-hybridized carbons (Fsp3) is 0.400. The summed E-state index contributed by atoms with van der Waals surface area (Å²) in [6.45, 7) is 2.08. The molecule has 28 heavy (non-hydrogen) atoms. The van der Waals surface area contributed by atoms with Crippen molar-refractivity contribution in [2.24, 2.45) is 5.92 Å². The molecule has 1 aliphatic rings. The first-order valence-electron chi connectivity index (χ1n) is 10.3. The number of halogens is 1. The van der Waals surface area contributed by atoms with Crippen LogP contribution in [-0.4, -0.2) is 5.97 Å². The molecule has 0 aliphatic heterocycles. The first-order chi connectivity index (χ1) is 13.7. The summed E-state index contributed by atoms with van der Waals surface area (Å²) in [4.78, 5) is 12.3. The van der Waals surface area contributed by atoms with Crippen molar-refractivity contribution in [1.82, 2.24) is 0 Å². The fourth-order valence-corrected chi connectivity index (χ4v) is 4.04. The van der Waals surface area contributed by atoms with Crippen molar-refractivity contribution < 1.29 is 13.9 Å². The lowest BCUT2D eigenvalue weighted by molar-refractivity contribution is 0.0734. The van der Waals surface area contributed by atoms with Crippen LogP contribution in [-0.2, 0) is 0 Å². The maximum absolute atomic E-state index is 12.9. The zero-order valence-corrected chi connectivity index (χ0v) is 16.6. The van der Waals surface area contributed by atoms with Crippen molar-refractivity contribution in [3.05, 3.63) is 77.6 Å². The topological polar surface area (TPSA) is 26.3 Å². The average molecular weight is 381 g/mol. The van der Waals surface area contributed by atoms with Crippen molar-refractivity contribution in [2.45, 2.75) is 57.8 Å². The smallest absolute Gasteiger partial charge is 0.343 e. The van der Waals surface area contributed by atoms with Gasteiger partial charge < -0.3 is 4.74 Å². The summed E-state index contributed by atoms with van der Waals surface area (Å²) in [5.74, 6) is 1.04. The monoisotopic (exact) mass is 380 g/mol. The summed E-state index contributed by atoms with van der Waals surface area (Å²) in [5, 5.41) is 0. The van der Waals surface area contributed by atoms with Gasteiger partial charge in [-0.1, -0.05) is 30.7 Å². The average Bonchev–Trinajstić information content (AvgIpc) is 2.73. The Bertz CT molecular complexity index is 769. The SMILES string of the molecule is C/C=C\CCCC1CCC(c2ccc(C(=O)Oc3ccc(F)cc3)cc2)CC1. The van der Waals surface area contributed by atoms with E-state index in [1.807, 2.05) is 12.1 Å². The van der Waals surface area contributed by atoms with Crippen molar-refractivity contribution in [2.75, 3.05) is 0 Å². The standard InChI is InChI=1S/C25H29FO2/c1-2-3-4-5-6-19-7-9-20(10-8-19)21-11-13-22(14-12-21)25(27)28-24-17-15-23(26)16-18-24/h2-3,11-20H,4-10H2,1H3/b3-2-. The largest absolute Gasteiger partial charge is 0.423 e. The molecule has 0 spiro atoms. The molecule has 0 amide bonds. The number of benzene rings is 2. The van der Waals surface area contributed by atoms with Crippen molar-refractivity contribution in [3.63, 3.8) is 0 Å². The van der Waals surface area contributed by atoms with Crippen LogP contribution in [0.15, 0.2) is 60.7 Å². The van der Waals surface area contributed by atoms with E-state index in [1.54, 1.807) is 0 Å². The Morgan fingerprint density at radius 3 is 2.36 bits per heavy atom. The van der Waals surface area contributed by atoms with Crippen molar-refractivity contribution in [3.8, 4) is 5.75 Å².